The lowest BCUT2D eigenvalue weighted by Gasteiger charge is -2.23. The number of benzene rings is 9. The molecule has 12 rings (SSSR count). The van der Waals surface area contributed by atoms with Gasteiger partial charge in [0.15, 0.2) is 0 Å². The molecule has 3 nitrogen and oxygen atoms in total. The SMILES string of the molecule is c1ccc(N(c2ccc(-c3ccc(-n4c5ccccc5c5cc(-c6ccc7c(c6)c6ccccc6n7-c6ccccc6)ccc54)cc3)cc2)c2cc3ccccc3s2)cc1. The summed E-state index contributed by atoms with van der Waals surface area (Å²) in [5.74, 6) is 0. The van der Waals surface area contributed by atoms with Gasteiger partial charge in [0.2, 0.25) is 0 Å². The van der Waals surface area contributed by atoms with Crippen LogP contribution in [0.25, 0.3) is 87.3 Å². The quantitative estimate of drug-likeness (QED) is 0.157. The lowest BCUT2D eigenvalue weighted by molar-refractivity contribution is 1.18. The van der Waals surface area contributed by atoms with Crippen molar-refractivity contribution in [2.24, 2.45) is 0 Å². The first-order valence-electron chi connectivity index (χ1n) is 20.4. The molecular formula is C56H37N3S. The summed E-state index contributed by atoms with van der Waals surface area (Å²) in [7, 11) is 0. The maximum atomic E-state index is 2.40. The van der Waals surface area contributed by atoms with E-state index in [-0.39, 0.29) is 0 Å². The summed E-state index contributed by atoms with van der Waals surface area (Å²) in [4.78, 5) is 2.36. The Hall–Kier alpha value is -7.66. The summed E-state index contributed by atoms with van der Waals surface area (Å²) in [5.41, 5.74) is 14.2. The normalized spacial score (nSPS) is 11.7. The molecule has 3 heterocycles. The second-order valence-electron chi connectivity index (χ2n) is 15.4. The Morgan fingerprint density at radius 3 is 1.37 bits per heavy atom. The van der Waals surface area contributed by atoms with Gasteiger partial charge in [-0.3, -0.25) is 0 Å². The van der Waals surface area contributed by atoms with Gasteiger partial charge in [0.25, 0.3) is 0 Å². The van der Waals surface area contributed by atoms with E-state index in [0.717, 1.165) is 17.1 Å². The molecule has 282 valence electrons. The molecule has 0 fully saturated rings. The molecule has 9 aromatic carbocycles. The molecule has 3 aromatic heterocycles. The second-order valence-corrected chi connectivity index (χ2v) is 16.5. The number of hydrogen-bond acceptors (Lipinski definition) is 2. The van der Waals surface area contributed by atoms with E-state index in [1.807, 2.05) is 11.3 Å². The van der Waals surface area contributed by atoms with E-state index in [1.54, 1.807) is 0 Å². The van der Waals surface area contributed by atoms with Gasteiger partial charge in [-0.1, -0.05) is 127 Å². The number of rotatable bonds is 7. The minimum absolute atomic E-state index is 1.14. The van der Waals surface area contributed by atoms with Crippen molar-refractivity contribution in [2.75, 3.05) is 4.90 Å². The summed E-state index contributed by atoms with van der Waals surface area (Å²) in [5, 5.41) is 7.48. The van der Waals surface area contributed by atoms with E-state index in [1.165, 1.54) is 86.6 Å². The highest BCUT2D eigenvalue weighted by Crippen LogP contribution is 2.43. The largest absolute Gasteiger partial charge is 0.309 e. The number of thiophene rings is 1. The molecule has 0 spiro atoms. The van der Waals surface area contributed by atoms with Crippen molar-refractivity contribution in [1.29, 1.82) is 0 Å². The van der Waals surface area contributed by atoms with Gasteiger partial charge in [0.05, 0.1) is 22.1 Å². The zero-order valence-electron chi connectivity index (χ0n) is 32.6. The fraction of sp³-hybridized carbons (Fsp3) is 0. The average Bonchev–Trinajstić information content (AvgIpc) is 4.00. The first-order chi connectivity index (χ1) is 29.7. The Kier molecular flexibility index (Phi) is 8.03. The van der Waals surface area contributed by atoms with Crippen LogP contribution in [0.4, 0.5) is 16.4 Å². The van der Waals surface area contributed by atoms with Gasteiger partial charge in [-0.05, 0) is 125 Å². The summed E-state index contributed by atoms with van der Waals surface area (Å²) in [6.45, 7) is 0. The van der Waals surface area contributed by atoms with E-state index in [2.05, 4.69) is 238 Å². The van der Waals surface area contributed by atoms with Crippen LogP contribution in [0.1, 0.15) is 0 Å². The monoisotopic (exact) mass is 783 g/mol. The van der Waals surface area contributed by atoms with Gasteiger partial charge in [-0.15, -0.1) is 11.3 Å². The topological polar surface area (TPSA) is 13.1 Å². The fourth-order valence-electron chi connectivity index (χ4n) is 9.10. The van der Waals surface area contributed by atoms with Crippen molar-refractivity contribution in [3.63, 3.8) is 0 Å². The maximum Gasteiger partial charge on any atom is 0.101 e. The Morgan fingerprint density at radius 1 is 0.317 bits per heavy atom. The molecular weight excluding hydrogens is 747 g/mol. The zero-order valence-corrected chi connectivity index (χ0v) is 33.4. The maximum absolute atomic E-state index is 2.40. The van der Waals surface area contributed by atoms with Crippen molar-refractivity contribution in [3.8, 4) is 33.6 Å². The van der Waals surface area contributed by atoms with E-state index < -0.39 is 0 Å². The first-order valence-corrected chi connectivity index (χ1v) is 21.2. The fourth-order valence-corrected chi connectivity index (χ4v) is 10.2. The predicted octanol–water partition coefficient (Wildman–Crippen LogP) is 15.9. The van der Waals surface area contributed by atoms with E-state index in [9.17, 15) is 0 Å². The number of para-hydroxylation sites is 4. The van der Waals surface area contributed by atoms with Crippen LogP contribution in [0.15, 0.2) is 224 Å². The summed E-state index contributed by atoms with van der Waals surface area (Å²) < 4.78 is 6.06. The number of anilines is 3. The minimum Gasteiger partial charge on any atom is -0.309 e. The van der Waals surface area contributed by atoms with Gasteiger partial charge in [0.1, 0.15) is 5.00 Å². The molecule has 0 aliphatic heterocycles. The number of aromatic nitrogens is 2. The molecule has 12 aromatic rings. The molecule has 0 saturated carbocycles. The third-order valence-corrected chi connectivity index (χ3v) is 13.0. The molecule has 0 bridgehead atoms. The Labute approximate surface area is 351 Å². The van der Waals surface area contributed by atoms with Crippen LogP contribution in [0.3, 0.4) is 0 Å². The molecule has 0 radical (unpaired) electrons. The van der Waals surface area contributed by atoms with Crippen molar-refractivity contribution >= 4 is 81.4 Å². The van der Waals surface area contributed by atoms with Crippen molar-refractivity contribution in [2.45, 2.75) is 0 Å². The molecule has 0 aliphatic carbocycles. The van der Waals surface area contributed by atoms with Crippen LogP contribution in [0.2, 0.25) is 0 Å². The lowest BCUT2D eigenvalue weighted by atomic mass is 10.0. The van der Waals surface area contributed by atoms with Gasteiger partial charge in [-0.2, -0.15) is 0 Å². The predicted molar refractivity (Wildman–Crippen MR) is 256 cm³/mol. The Bertz CT molecular complexity index is 3490. The number of hydrogen-bond donors (Lipinski definition) is 0. The number of fused-ring (bicyclic) bond motifs is 7. The highest BCUT2D eigenvalue weighted by Gasteiger charge is 2.18. The number of nitrogens with zero attached hydrogens (tertiary/aromatic N) is 3. The standard InChI is InChI=1S/C56H37N3S/c1-3-14-43(15-4-1)57(56-37-42-13-7-12-22-55(42)60-56)45-29-23-38(24-30-45)39-25-31-46(32-26-39)59-52-21-11-9-19-48(52)50-36-41(28-34-54(50)59)40-27-33-53-49(35-40)47-18-8-10-20-51(47)58(53)44-16-5-2-6-17-44/h1-37H. The van der Waals surface area contributed by atoms with E-state index in [0.29, 0.717) is 0 Å². The second kappa shape index (κ2) is 14.0. The Morgan fingerprint density at radius 2 is 0.767 bits per heavy atom. The summed E-state index contributed by atoms with van der Waals surface area (Å²) >= 11 is 1.82. The van der Waals surface area contributed by atoms with E-state index in [4.69, 9.17) is 0 Å². The molecule has 0 aliphatic rings. The first kappa shape index (κ1) is 34.4. The zero-order chi connectivity index (χ0) is 39.6. The van der Waals surface area contributed by atoms with Crippen LogP contribution >= 0.6 is 11.3 Å². The van der Waals surface area contributed by atoms with E-state index >= 15 is 0 Å². The minimum atomic E-state index is 1.14. The third-order valence-electron chi connectivity index (χ3n) is 11.9. The molecule has 0 atom stereocenters. The van der Waals surface area contributed by atoms with Gasteiger partial charge in [0, 0.05) is 49.0 Å². The molecule has 60 heavy (non-hydrogen) atoms. The third kappa shape index (κ3) is 5.65. The Balaban J connectivity index is 0.893. The van der Waals surface area contributed by atoms with Gasteiger partial charge >= 0.3 is 0 Å². The van der Waals surface area contributed by atoms with Gasteiger partial charge in [-0.25, -0.2) is 0 Å². The highest BCUT2D eigenvalue weighted by molar-refractivity contribution is 7.23. The molecule has 0 saturated heterocycles. The smallest absolute Gasteiger partial charge is 0.101 e. The van der Waals surface area contributed by atoms with Crippen LogP contribution in [0, 0.1) is 0 Å². The summed E-state index contributed by atoms with van der Waals surface area (Å²) in [6, 6.07) is 81.6. The van der Waals surface area contributed by atoms with Crippen molar-refractivity contribution in [3.05, 3.63) is 224 Å². The average molecular weight is 784 g/mol. The molecule has 0 N–H and O–H groups in total. The molecule has 4 heteroatoms. The van der Waals surface area contributed by atoms with Crippen LogP contribution in [0.5, 0.6) is 0 Å². The molecule has 0 unspecified atom stereocenters. The van der Waals surface area contributed by atoms with Crippen LogP contribution < -0.4 is 4.90 Å². The summed E-state index contributed by atoms with van der Waals surface area (Å²) in [6.07, 6.45) is 0. The van der Waals surface area contributed by atoms with Crippen LogP contribution in [-0.2, 0) is 0 Å². The van der Waals surface area contributed by atoms with Crippen LogP contribution in [-0.4, -0.2) is 9.13 Å². The highest BCUT2D eigenvalue weighted by atomic mass is 32.1. The van der Waals surface area contributed by atoms with Crippen molar-refractivity contribution < 1.29 is 0 Å². The molecule has 0 amide bonds. The van der Waals surface area contributed by atoms with Crippen molar-refractivity contribution in [1.82, 2.24) is 9.13 Å². The lowest BCUT2D eigenvalue weighted by Crippen LogP contribution is -2.07. The van der Waals surface area contributed by atoms with Gasteiger partial charge < -0.3 is 14.0 Å².